The molecule has 0 spiro atoms. The molecule has 0 aliphatic heterocycles. The van der Waals surface area contributed by atoms with Crippen LogP contribution in [0.15, 0.2) is 42.5 Å². The number of methoxy groups -OCH3 is 2. The summed E-state index contributed by atoms with van der Waals surface area (Å²) in [6.45, 7) is 0. The van der Waals surface area contributed by atoms with Crippen molar-refractivity contribution in [3.05, 3.63) is 52.4 Å². The molecule has 1 heterocycles. The second-order valence-corrected chi connectivity index (χ2v) is 6.69. The van der Waals surface area contributed by atoms with Gasteiger partial charge in [0.15, 0.2) is 10.6 Å². The average molecular weight is 391 g/mol. The molecule has 0 saturated heterocycles. The Morgan fingerprint density at radius 1 is 1.08 bits per heavy atom. The zero-order valence-corrected chi connectivity index (χ0v) is 15.5. The minimum atomic E-state index is -0.464. The number of carbonyl (C=O) groups is 2. The number of nitrogens with one attached hydrogen (secondary N) is 2. The lowest BCUT2D eigenvalue weighted by atomic mass is 10.2. The van der Waals surface area contributed by atoms with Crippen LogP contribution in [0.5, 0.6) is 5.75 Å². The fourth-order valence-electron chi connectivity index (χ4n) is 2.43. The van der Waals surface area contributed by atoms with Crippen molar-refractivity contribution in [2.45, 2.75) is 0 Å². The van der Waals surface area contributed by atoms with Crippen molar-refractivity contribution in [3.63, 3.8) is 0 Å². The van der Waals surface area contributed by atoms with Gasteiger partial charge in [0.1, 0.15) is 0 Å². The first-order valence-electron chi connectivity index (χ1n) is 7.55. The maximum absolute atomic E-state index is 12.2. The summed E-state index contributed by atoms with van der Waals surface area (Å²) in [4.78, 5) is 24.5. The number of hydrogen-bond donors (Lipinski definition) is 2. The highest BCUT2D eigenvalue weighted by Crippen LogP contribution is 2.39. The van der Waals surface area contributed by atoms with Gasteiger partial charge in [0.2, 0.25) is 0 Å². The number of esters is 1. The third kappa shape index (κ3) is 3.58. The van der Waals surface area contributed by atoms with Gasteiger partial charge in [0.25, 0.3) is 0 Å². The second-order valence-electron chi connectivity index (χ2n) is 5.23. The van der Waals surface area contributed by atoms with Gasteiger partial charge in [-0.2, -0.15) is 0 Å². The SMILES string of the molecule is COC(=O)c1sc2ccc(NC(=O)Nc3ccccc3Cl)cc2c1OC. The highest BCUT2D eigenvalue weighted by Gasteiger charge is 2.20. The van der Waals surface area contributed by atoms with Crippen LogP contribution in [0.3, 0.4) is 0 Å². The smallest absolute Gasteiger partial charge is 0.351 e. The lowest BCUT2D eigenvalue weighted by molar-refractivity contribution is 0.0603. The number of amides is 2. The summed E-state index contributed by atoms with van der Waals surface area (Å²) in [6.07, 6.45) is 0. The number of urea groups is 1. The van der Waals surface area contributed by atoms with Gasteiger partial charge >= 0.3 is 12.0 Å². The van der Waals surface area contributed by atoms with Gasteiger partial charge in [0, 0.05) is 15.8 Å². The van der Waals surface area contributed by atoms with Crippen LogP contribution < -0.4 is 15.4 Å². The number of thiophene rings is 1. The number of ether oxygens (including phenoxy) is 2. The van der Waals surface area contributed by atoms with E-state index in [1.165, 1.54) is 25.6 Å². The topological polar surface area (TPSA) is 76.7 Å². The molecule has 26 heavy (non-hydrogen) atoms. The molecule has 0 fully saturated rings. The van der Waals surface area contributed by atoms with Gasteiger partial charge in [-0.05, 0) is 30.3 Å². The van der Waals surface area contributed by atoms with Crippen molar-refractivity contribution < 1.29 is 19.1 Å². The van der Waals surface area contributed by atoms with Gasteiger partial charge in [-0.3, -0.25) is 0 Å². The lowest BCUT2D eigenvalue weighted by Gasteiger charge is -2.09. The molecule has 3 rings (SSSR count). The summed E-state index contributed by atoms with van der Waals surface area (Å²) in [7, 11) is 2.80. The largest absolute Gasteiger partial charge is 0.494 e. The van der Waals surface area contributed by atoms with E-state index in [9.17, 15) is 9.59 Å². The summed E-state index contributed by atoms with van der Waals surface area (Å²) < 4.78 is 11.0. The standard InChI is InChI=1S/C18H15ClN2O4S/c1-24-15-11-9-10(7-8-14(11)26-16(15)17(22)25-2)20-18(23)21-13-6-4-3-5-12(13)19/h3-9H,1-2H3,(H2,20,21,23). The van der Waals surface area contributed by atoms with Crippen LogP contribution in [0, 0.1) is 0 Å². The van der Waals surface area contributed by atoms with Crippen LogP contribution >= 0.6 is 22.9 Å². The molecule has 0 unspecified atom stereocenters. The molecule has 134 valence electrons. The van der Waals surface area contributed by atoms with Crippen LogP contribution in [0.1, 0.15) is 9.67 Å². The van der Waals surface area contributed by atoms with Crippen molar-refractivity contribution >= 4 is 56.4 Å². The Morgan fingerprint density at radius 3 is 2.54 bits per heavy atom. The average Bonchev–Trinajstić information content (AvgIpc) is 3.00. The summed E-state index contributed by atoms with van der Waals surface area (Å²) in [5.41, 5.74) is 1.06. The Labute approximate surface area is 158 Å². The minimum Gasteiger partial charge on any atom is -0.494 e. The first-order chi connectivity index (χ1) is 12.5. The van der Waals surface area contributed by atoms with E-state index in [1.807, 2.05) is 0 Å². The molecule has 0 saturated carbocycles. The molecule has 2 aromatic carbocycles. The fraction of sp³-hybridized carbons (Fsp3) is 0.111. The van der Waals surface area contributed by atoms with Crippen molar-refractivity contribution in [2.24, 2.45) is 0 Å². The number of para-hydroxylation sites is 1. The number of carbonyl (C=O) groups excluding carboxylic acids is 2. The van der Waals surface area contributed by atoms with Crippen LogP contribution in [-0.2, 0) is 4.74 Å². The first kappa shape index (κ1) is 18.0. The van der Waals surface area contributed by atoms with Crippen molar-refractivity contribution in [1.29, 1.82) is 0 Å². The molecule has 8 heteroatoms. The maximum Gasteiger partial charge on any atom is 0.351 e. The highest BCUT2D eigenvalue weighted by atomic mass is 35.5. The molecule has 0 radical (unpaired) electrons. The first-order valence-corrected chi connectivity index (χ1v) is 8.74. The molecule has 1 aromatic heterocycles. The van der Waals surface area contributed by atoms with E-state index in [4.69, 9.17) is 21.1 Å². The summed E-state index contributed by atoms with van der Waals surface area (Å²) >= 11 is 7.30. The van der Waals surface area contributed by atoms with E-state index in [-0.39, 0.29) is 0 Å². The fourth-order valence-corrected chi connectivity index (χ4v) is 3.68. The lowest BCUT2D eigenvalue weighted by Crippen LogP contribution is -2.19. The Morgan fingerprint density at radius 2 is 1.85 bits per heavy atom. The highest BCUT2D eigenvalue weighted by molar-refractivity contribution is 7.21. The van der Waals surface area contributed by atoms with Gasteiger partial charge < -0.3 is 20.1 Å². The molecular weight excluding hydrogens is 376 g/mol. The zero-order valence-electron chi connectivity index (χ0n) is 14.0. The van der Waals surface area contributed by atoms with Crippen LogP contribution in [0.4, 0.5) is 16.2 Å². The van der Waals surface area contributed by atoms with E-state index in [2.05, 4.69) is 10.6 Å². The van der Waals surface area contributed by atoms with Crippen molar-refractivity contribution in [3.8, 4) is 5.75 Å². The monoisotopic (exact) mass is 390 g/mol. The minimum absolute atomic E-state index is 0.377. The van der Waals surface area contributed by atoms with Crippen LogP contribution in [-0.4, -0.2) is 26.2 Å². The van der Waals surface area contributed by atoms with Gasteiger partial charge in [-0.15, -0.1) is 11.3 Å². The molecule has 2 amide bonds. The summed E-state index contributed by atoms with van der Waals surface area (Å²) in [6, 6.07) is 11.8. The number of halogens is 1. The third-order valence-corrected chi connectivity index (χ3v) is 5.06. The van der Waals surface area contributed by atoms with Crippen LogP contribution in [0.2, 0.25) is 5.02 Å². The number of benzene rings is 2. The van der Waals surface area contributed by atoms with Gasteiger partial charge in [-0.25, -0.2) is 9.59 Å². The predicted octanol–water partition coefficient (Wildman–Crippen LogP) is 4.99. The number of rotatable bonds is 4. The second kappa shape index (κ2) is 7.63. The number of anilines is 2. The number of fused-ring (bicyclic) bond motifs is 1. The summed E-state index contributed by atoms with van der Waals surface area (Å²) in [5.74, 6) is -0.0407. The molecule has 3 aromatic rings. The number of hydrogen-bond acceptors (Lipinski definition) is 5. The van der Waals surface area contributed by atoms with E-state index in [0.717, 1.165) is 4.70 Å². The molecular formula is C18H15ClN2O4S. The Hall–Kier alpha value is -2.77. The van der Waals surface area contributed by atoms with Crippen molar-refractivity contribution in [2.75, 3.05) is 24.9 Å². The molecule has 6 nitrogen and oxygen atoms in total. The molecule has 0 aliphatic carbocycles. The molecule has 0 atom stereocenters. The zero-order chi connectivity index (χ0) is 18.7. The van der Waals surface area contributed by atoms with Crippen molar-refractivity contribution in [1.82, 2.24) is 0 Å². The molecule has 0 bridgehead atoms. The Bertz CT molecular complexity index is 986. The predicted molar refractivity (Wildman–Crippen MR) is 104 cm³/mol. The Kier molecular flexibility index (Phi) is 5.29. The molecule has 2 N–H and O–H groups in total. The Balaban J connectivity index is 1.85. The van der Waals surface area contributed by atoms with E-state index in [0.29, 0.717) is 32.4 Å². The van der Waals surface area contributed by atoms with Crippen LogP contribution in [0.25, 0.3) is 10.1 Å². The van der Waals surface area contributed by atoms with E-state index in [1.54, 1.807) is 42.5 Å². The van der Waals surface area contributed by atoms with E-state index >= 15 is 0 Å². The summed E-state index contributed by atoms with van der Waals surface area (Å²) in [5, 5.41) is 6.58. The van der Waals surface area contributed by atoms with Gasteiger partial charge in [0.05, 0.1) is 24.9 Å². The normalized spacial score (nSPS) is 10.4. The van der Waals surface area contributed by atoms with E-state index < -0.39 is 12.0 Å². The third-order valence-electron chi connectivity index (χ3n) is 3.60. The maximum atomic E-state index is 12.2. The van der Waals surface area contributed by atoms with Gasteiger partial charge in [-0.1, -0.05) is 23.7 Å². The quantitative estimate of drug-likeness (QED) is 0.615. The molecule has 0 aliphatic rings.